The minimum Gasteiger partial charge on any atom is -0.328 e. The first-order valence-corrected chi connectivity index (χ1v) is 8.51. The second kappa shape index (κ2) is 7.16. The highest BCUT2D eigenvalue weighted by atomic mass is 31.2. The van der Waals surface area contributed by atoms with Crippen molar-refractivity contribution in [1.82, 2.24) is 4.90 Å². The van der Waals surface area contributed by atoms with Crippen molar-refractivity contribution in [1.29, 1.82) is 0 Å². The van der Waals surface area contributed by atoms with E-state index in [0.717, 1.165) is 25.9 Å². The number of rotatable bonds is 7. The third-order valence-electron chi connectivity index (χ3n) is 3.64. The van der Waals surface area contributed by atoms with Gasteiger partial charge in [-0.1, -0.05) is 13.8 Å². The Hall–Kier alpha value is 0.0300. The van der Waals surface area contributed by atoms with E-state index in [-0.39, 0.29) is 12.6 Å². The summed E-state index contributed by atoms with van der Waals surface area (Å²) in [6.07, 6.45) is 3.05. The number of phosphoric ester groups is 1. The maximum atomic E-state index is 11.9. The first kappa shape index (κ1) is 17.1. The highest BCUT2D eigenvalue weighted by molar-refractivity contribution is 7.47. The average Bonchev–Trinajstić information content (AvgIpc) is 2.36. The Morgan fingerprint density at radius 1 is 1.42 bits per heavy atom. The van der Waals surface area contributed by atoms with Gasteiger partial charge in [0.1, 0.15) is 5.72 Å². The molecule has 0 saturated carbocycles. The summed E-state index contributed by atoms with van der Waals surface area (Å²) in [5, 5.41) is 0. The number of hydrogen-bond acceptors (Lipinski definition) is 5. The molecule has 0 aromatic carbocycles. The molecule has 1 rings (SSSR count). The van der Waals surface area contributed by atoms with Crippen molar-refractivity contribution in [2.24, 2.45) is 5.73 Å². The second-order valence-corrected chi connectivity index (χ2v) is 6.62. The smallest absolute Gasteiger partial charge is 0.328 e. The SMILES string of the molecule is CCCOP(=O)(O)OC(C)(CC)N1CCC(N)CC1. The molecule has 0 aromatic heterocycles. The maximum absolute atomic E-state index is 11.9. The van der Waals surface area contributed by atoms with Crippen molar-refractivity contribution in [3.05, 3.63) is 0 Å². The van der Waals surface area contributed by atoms with Gasteiger partial charge in [0, 0.05) is 19.1 Å². The maximum Gasteiger partial charge on any atom is 0.473 e. The number of piperidine rings is 1. The Morgan fingerprint density at radius 2 is 2.00 bits per heavy atom. The summed E-state index contributed by atoms with van der Waals surface area (Å²) in [5.74, 6) is 0. The first-order chi connectivity index (χ1) is 8.83. The van der Waals surface area contributed by atoms with Crippen molar-refractivity contribution < 1.29 is 18.5 Å². The Morgan fingerprint density at radius 3 is 2.47 bits per heavy atom. The quantitative estimate of drug-likeness (QED) is 0.699. The van der Waals surface area contributed by atoms with Gasteiger partial charge < -0.3 is 10.6 Å². The molecule has 19 heavy (non-hydrogen) atoms. The van der Waals surface area contributed by atoms with Gasteiger partial charge in [-0.15, -0.1) is 0 Å². The number of likely N-dealkylation sites (tertiary alicyclic amines) is 1. The fraction of sp³-hybridized carbons (Fsp3) is 1.00. The van der Waals surface area contributed by atoms with E-state index in [1.165, 1.54) is 0 Å². The molecule has 0 radical (unpaired) electrons. The summed E-state index contributed by atoms with van der Waals surface area (Å²) >= 11 is 0. The first-order valence-electron chi connectivity index (χ1n) is 7.01. The molecule has 0 bridgehead atoms. The normalized spacial score (nSPS) is 24.9. The van der Waals surface area contributed by atoms with Gasteiger partial charge in [0.05, 0.1) is 6.61 Å². The Balaban J connectivity index is 2.66. The van der Waals surface area contributed by atoms with Crippen LogP contribution in [0.3, 0.4) is 0 Å². The molecule has 0 spiro atoms. The van der Waals surface area contributed by atoms with E-state index in [9.17, 15) is 9.46 Å². The molecule has 1 heterocycles. The Labute approximate surface area is 115 Å². The lowest BCUT2D eigenvalue weighted by molar-refractivity contribution is -0.101. The van der Waals surface area contributed by atoms with Gasteiger partial charge >= 0.3 is 7.82 Å². The summed E-state index contributed by atoms with van der Waals surface area (Å²) in [4.78, 5) is 11.8. The molecular weight excluding hydrogens is 267 g/mol. The van der Waals surface area contributed by atoms with Crippen LogP contribution < -0.4 is 5.73 Å². The molecule has 7 heteroatoms. The highest BCUT2D eigenvalue weighted by Gasteiger charge is 2.40. The van der Waals surface area contributed by atoms with Crippen LogP contribution in [0.15, 0.2) is 0 Å². The monoisotopic (exact) mass is 294 g/mol. The van der Waals surface area contributed by atoms with Gasteiger partial charge in [0.2, 0.25) is 0 Å². The van der Waals surface area contributed by atoms with Crippen LogP contribution in [0.1, 0.15) is 46.5 Å². The van der Waals surface area contributed by atoms with E-state index in [1.54, 1.807) is 0 Å². The van der Waals surface area contributed by atoms with E-state index in [2.05, 4.69) is 4.90 Å². The molecule has 2 unspecified atom stereocenters. The van der Waals surface area contributed by atoms with Crippen molar-refractivity contribution in [3.8, 4) is 0 Å². The molecule has 3 N–H and O–H groups in total. The fourth-order valence-corrected chi connectivity index (χ4v) is 3.41. The molecule has 1 aliphatic rings. The zero-order valence-corrected chi connectivity index (χ0v) is 13.1. The summed E-state index contributed by atoms with van der Waals surface area (Å²) in [6, 6.07) is 0.217. The second-order valence-electron chi connectivity index (χ2n) is 5.25. The topological polar surface area (TPSA) is 85.0 Å². The molecular formula is C12H27N2O4P. The van der Waals surface area contributed by atoms with Crippen LogP contribution >= 0.6 is 7.82 Å². The average molecular weight is 294 g/mol. The predicted octanol–water partition coefficient (Wildman–Crippen LogP) is 2.08. The third kappa shape index (κ3) is 5.14. The van der Waals surface area contributed by atoms with E-state index < -0.39 is 13.5 Å². The number of nitrogens with two attached hydrogens (primary N) is 1. The molecule has 6 nitrogen and oxygen atoms in total. The third-order valence-corrected chi connectivity index (χ3v) is 4.77. The Bertz CT molecular complexity index is 321. The van der Waals surface area contributed by atoms with Crippen LogP contribution in [-0.4, -0.2) is 41.3 Å². The largest absolute Gasteiger partial charge is 0.473 e. The van der Waals surface area contributed by atoms with E-state index >= 15 is 0 Å². The van der Waals surface area contributed by atoms with Crippen LogP contribution in [0.2, 0.25) is 0 Å². The van der Waals surface area contributed by atoms with Crippen LogP contribution in [0.25, 0.3) is 0 Å². The molecule has 0 amide bonds. The molecule has 1 saturated heterocycles. The van der Waals surface area contributed by atoms with Gasteiger partial charge in [0.15, 0.2) is 0 Å². The van der Waals surface area contributed by atoms with E-state index in [0.29, 0.717) is 12.8 Å². The van der Waals surface area contributed by atoms with Gasteiger partial charge in [-0.3, -0.25) is 13.9 Å². The van der Waals surface area contributed by atoms with Gasteiger partial charge in [-0.2, -0.15) is 0 Å². The lowest BCUT2D eigenvalue weighted by Gasteiger charge is -2.43. The summed E-state index contributed by atoms with van der Waals surface area (Å²) in [5.41, 5.74) is 5.10. The molecule has 1 aliphatic heterocycles. The van der Waals surface area contributed by atoms with Crippen LogP contribution in [0, 0.1) is 0 Å². The fourth-order valence-electron chi connectivity index (χ4n) is 2.20. The molecule has 0 aliphatic carbocycles. The van der Waals surface area contributed by atoms with Gasteiger partial charge in [-0.05, 0) is 32.6 Å². The van der Waals surface area contributed by atoms with Crippen LogP contribution in [0.5, 0.6) is 0 Å². The zero-order chi connectivity index (χ0) is 14.5. The van der Waals surface area contributed by atoms with Crippen LogP contribution in [0.4, 0.5) is 0 Å². The van der Waals surface area contributed by atoms with Gasteiger partial charge in [0.25, 0.3) is 0 Å². The number of phosphoric acid groups is 1. The zero-order valence-electron chi connectivity index (χ0n) is 12.2. The van der Waals surface area contributed by atoms with E-state index in [4.69, 9.17) is 14.8 Å². The summed E-state index contributed by atoms with van der Waals surface area (Å²) in [6.45, 7) is 7.43. The minimum absolute atomic E-state index is 0.217. The molecule has 0 aromatic rings. The molecule has 114 valence electrons. The lowest BCUT2D eigenvalue weighted by Crippen LogP contribution is -2.52. The van der Waals surface area contributed by atoms with Gasteiger partial charge in [-0.25, -0.2) is 4.57 Å². The summed E-state index contributed by atoms with van der Waals surface area (Å²) < 4.78 is 22.3. The summed E-state index contributed by atoms with van der Waals surface area (Å²) in [7, 11) is -4.00. The minimum atomic E-state index is -4.00. The number of nitrogens with zero attached hydrogens (tertiary/aromatic N) is 1. The van der Waals surface area contributed by atoms with E-state index in [1.807, 2.05) is 20.8 Å². The number of hydrogen-bond donors (Lipinski definition) is 2. The predicted molar refractivity (Wildman–Crippen MR) is 74.6 cm³/mol. The highest BCUT2D eigenvalue weighted by Crippen LogP contribution is 2.49. The van der Waals surface area contributed by atoms with Crippen molar-refractivity contribution >= 4 is 7.82 Å². The molecule has 1 fully saturated rings. The standard InChI is InChI=1S/C12H27N2O4P/c1-4-10-17-19(15,16)18-12(3,5-2)14-8-6-11(13)7-9-14/h11H,4-10,13H2,1-3H3,(H,15,16). The van der Waals surface area contributed by atoms with Crippen molar-refractivity contribution in [3.63, 3.8) is 0 Å². The molecule has 2 atom stereocenters. The van der Waals surface area contributed by atoms with Crippen molar-refractivity contribution in [2.75, 3.05) is 19.7 Å². The Kier molecular flexibility index (Phi) is 6.43. The van der Waals surface area contributed by atoms with Crippen molar-refractivity contribution in [2.45, 2.75) is 58.2 Å². The van der Waals surface area contributed by atoms with Crippen LogP contribution in [-0.2, 0) is 13.6 Å². The lowest BCUT2D eigenvalue weighted by atomic mass is 10.0.